The van der Waals surface area contributed by atoms with E-state index in [1.165, 1.54) is 0 Å². The van der Waals surface area contributed by atoms with Crippen LogP contribution in [-0.2, 0) is 11.2 Å². The van der Waals surface area contributed by atoms with E-state index in [2.05, 4.69) is 11.8 Å². The molecule has 1 aromatic rings. The van der Waals surface area contributed by atoms with Gasteiger partial charge in [-0.1, -0.05) is 12.1 Å². The first-order chi connectivity index (χ1) is 9.43. The number of hydrogen-bond donors (Lipinski definition) is 1. The molecule has 0 aliphatic carbocycles. The second kappa shape index (κ2) is 7.90. The van der Waals surface area contributed by atoms with E-state index in [1.54, 1.807) is 0 Å². The van der Waals surface area contributed by atoms with Crippen LogP contribution in [0.5, 0.6) is 0 Å². The minimum atomic E-state index is 0.212. The summed E-state index contributed by atoms with van der Waals surface area (Å²) in [6, 6.07) is 7.99. The molecule has 20 heavy (non-hydrogen) atoms. The summed E-state index contributed by atoms with van der Waals surface area (Å²) < 4.78 is 0. The topological polar surface area (TPSA) is 49.6 Å². The van der Waals surface area contributed by atoms with E-state index in [-0.39, 0.29) is 11.9 Å². The van der Waals surface area contributed by atoms with Gasteiger partial charge in [0.1, 0.15) is 0 Å². The standard InChI is InChI=1S/C16H27N3O/c1-5-19(13(2)12-18(3)4)16(20)10-9-14-7-6-8-15(17)11-14/h6-8,11,13H,5,9-10,12,17H2,1-4H3. The predicted octanol–water partition coefficient (Wildman–Crippen LogP) is 2.00. The minimum absolute atomic E-state index is 0.212. The van der Waals surface area contributed by atoms with E-state index in [0.29, 0.717) is 6.42 Å². The Hall–Kier alpha value is -1.55. The largest absolute Gasteiger partial charge is 0.399 e. The molecule has 1 amide bonds. The number of nitrogen functional groups attached to an aromatic ring is 1. The summed E-state index contributed by atoms with van der Waals surface area (Å²) >= 11 is 0. The van der Waals surface area contributed by atoms with E-state index in [0.717, 1.165) is 30.8 Å². The van der Waals surface area contributed by atoms with E-state index < -0.39 is 0 Å². The van der Waals surface area contributed by atoms with Gasteiger partial charge >= 0.3 is 0 Å². The second-order valence-electron chi connectivity index (χ2n) is 5.54. The van der Waals surface area contributed by atoms with Crippen molar-refractivity contribution in [3.63, 3.8) is 0 Å². The second-order valence-corrected chi connectivity index (χ2v) is 5.54. The summed E-state index contributed by atoms with van der Waals surface area (Å²) in [6.07, 6.45) is 1.28. The zero-order valence-electron chi connectivity index (χ0n) is 13.1. The molecule has 0 fully saturated rings. The lowest BCUT2D eigenvalue weighted by Crippen LogP contribution is -2.43. The Morgan fingerprint density at radius 2 is 2.05 bits per heavy atom. The van der Waals surface area contributed by atoms with E-state index in [1.807, 2.05) is 50.2 Å². The smallest absolute Gasteiger partial charge is 0.223 e. The third-order valence-electron chi connectivity index (χ3n) is 3.40. The molecule has 0 aliphatic rings. The molecule has 4 heteroatoms. The Morgan fingerprint density at radius 3 is 2.60 bits per heavy atom. The lowest BCUT2D eigenvalue weighted by atomic mass is 10.1. The number of carbonyl (C=O) groups excluding carboxylic acids is 1. The highest BCUT2D eigenvalue weighted by Gasteiger charge is 2.18. The van der Waals surface area contributed by atoms with Crippen molar-refractivity contribution in [2.75, 3.05) is 32.9 Å². The number of rotatable bonds is 7. The minimum Gasteiger partial charge on any atom is -0.399 e. The van der Waals surface area contributed by atoms with Crippen molar-refractivity contribution < 1.29 is 4.79 Å². The van der Waals surface area contributed by atoms with Crippen molar-refractivity contribution in [3.8, 4) is 0 Å². The van der Waals surface area contributed by atoms with Crippen LogP contribution in [0.3, 0.4) is 0 Å². The van der Waals surface area contributed by atoms with Crippen molar-refractivity contribution in [1.82, 2.24) is 9.80 Å². The average Bonchev–Trinajstić information content (AvgIpc) is 2.36. The van der Waals surface area contributed by atoms with Crippen LogP contribution in [0, 0.1) is 0 Å². The highest BCUT2D eigenvalue weighted by molar-refractivity contribution is 5.76. The van der Waals surface area contributed by atoms with Gasteiger partial charge in [0.05, 0.1) is 0 Å². The van der Waals surface area contributed by atoms with Crippen LogP contribution >= 0.6 is 0 Å². The van der Waals surface area contributed by atoms with Gasteiger partial charge in [-0.3, -0.25) is 4.79 Å². The molecule has 0 aromatic heterocycles. The Balaban J connectivity index is 2.55. The van der Waals surface area contributed by atoms with Crippen LogP contribution in [0.25, 0.3) is 0 Å². The average molecular weight is 277 g/mol. The maximum absolute atomic E-state index is 12.3. The molecule has 2 N–H and O–H groups in total. The molecule has 1 atom stereocenters. The first kappa shape index (κ1) is 16.5. The fourth-order valence-electron chi connectivity index (χ4n) is 2.50. The highest BCUT2D eigenvalue weighted by Crippen LogP contribution is 2.11. The number of anilines is 1. The molecule has 0 radical (unpaired) electrons. The molecule has 1 rings (SSSR count). The van der Waals surface area contributed by atoms with Gasteiger partial charge in [0.2, 0.25) is 5.91 Å². The number of amides is 1. The summed E-state index contributed by atoms with van der Waals surface area (Å²) in [4.78, 5) is 16.4. The summed E-state index contributed by atoms with van der Waals surface area (Å²) in [7, 11) is 4.06. The van der Waals surface area contributed by atoms with Gasteiger partial charge in [-0.15, -0.1) is 0 Å². The third-order valence-corrected chi connectivity index (χ3v) is 3.40. The molecule has 0 saturated heterocycles. The van der Waals surface area contributed by atoms with Gasteiger partial charge in [0.25, 0.3) is 0 Å². The number of benzene rings is 1. The van der Waals surface area contributed by atoms with Crippen LogP contribution in [0.15, 0.2) is 24.3 Å². The zero-order chi connectivity index (χ0) is 15.1. The van der Waals surface area contributed by atoms with Crippen LogP contribution < -0.4 is 5.73 Å². The molecular formula is C16H27N3O. The molecule has 0 spiro atoms. The molecule has 112 valence electrons. The van der Waals surface area contributed by atoms with Gasteiger partial charge in [0.15, 0.2) is 0 Å². The first-order valence-electron chi connectivity index (χ1n) is 7.22. The summed E-state index contributed by atoms with van der Waals surface area (Å²) in [5.41, 5.74) is 7.63. The van der Waals surface area contributed by atoms with Crippen molar-refractivity contribution in [2.24, 2.45) is 0 Å². The summed E-state index contributed by atoms with van der Waals surface area (Å²) in [5.74, 6) is 0.212. The monoisotopic (exact) mass is 277 g/mol. The van der Waals surface area contributed by atoms with Gasteiger partial charge in [0, 0.05) is 31.2 Å². The normalized spacial score (nSPS) is 12.4. The number of hydrogen-bond acceptors (Lipinski definition) is 3. The van der Waals surface area contributed by atoms with Crippen molar-refractivity contribution in [3.05, 3.63) is 29.8 Å². The van der Waals surface area contributed by atoms with Gasteiger partial charge in [-0.05, 0) is 52.1 Å². The van der Waals surface area contributed by atoms with Crippen LogP contribution in [0.2, 0.25) is 0 Å². The molecule has 1 aromatic carbocycles. The number of likely N-dealkylation sites (N-methyl/N-ethyl adjacent to an activating group) is 2. The fraction of sp³-hybridized carbons (Fsp3) is 0.562. The third kappa shape index (κ3) is 5.21. The fourth-order valence-corrected chi connectivity index (χ4v) is 2.50. The lowest BCUT2D eigenvalue weighted by Gasteiger charge is -2.30. The maximum atomic E-state index is 12.3. The zero-order valence-corrected chi connectivity index (χ0v) is 13.1. The molecule has 4 nitrogen and oxygen atoms in total. The molecule has 0 aliphatic heterocycles. The first-order valence-corrected chi connectivity index (χ1v) is 7.22. The Kier molecular flexibility index (Phi) is 6.52. The van der Waals surface area contributed by atoms with Gasteiger partial charge in [-0.25, -0.2) is 0 Å². The molecule has 1 unspecified atom stereocenters. The molecule has 0 saturated carbocycles. The highest BCUT2D eigenvalue weighted by atomic mass is 16.2. The van der Waals surface area contributed by atoms with Crippen LogP contribution in [0.4, 0.5) is 5.69 Å². The van der Waals surface area contributed by atoms with Crippen LogP contribution in [0.1, 0.15) is 25.8 Å². The Labute approximate surface area is 122 Å². The molecule has 0 bridgehead atoms. The maximum Gasteiger partial charge on any atom is 0.223 e. The number of aryl methyl sites for hydroxylation is 1. The van der Waals surface area contributed by atoms with E-state index >= 15 is 0 Å². The number of carbonyl (C=O) groups is 1. The SMILES string of the molecule is CCN(C(=O)CCc1cccc(N)c1)C(C)CN(C)C. The Morgan fingerprint density at radius 1 is 1.35 bits per heavy atom. The van der Waals surface area contributed by atoms with Gasteiger partial charge in [-0.2, -0.15) is 0 Å². The van der Waals surface area contributed by atoms with Crippen molar-refractivity contribution >= 4 is 11.6 Å². The van der Waals surface area contributed by atoms with Crippen molar-refractivity contribution in [1.29, 1.82) is 0 Å². The number of nitrogens with two attached hydrogens (primary N) is 1. The van der Waals surface area contributed by atoms with E-state index in [4.69, 9.17) is 5.73 Å². The summed E-state index contributed by atoms with van der Waals surface area (Å²) in [6.45, 7) is 5.77. The predicted molar refractivity (Wildman–Crippen MR) is 84.6 cm³/mol. The number of nitrogens with zero attached hydrogens (tertiary/aromatic N) is 2. The Bertz CT molecular complexity index is 431. The van der Waals surface area contributed by atoms with E-state index in [9.17, 15) is 4.79 Å². The summed E-state index contributed by atoms with van der Waals surface area (Å²) in [5, 5.41) is 0. The van der Waals surface area contributed by atoms with Gasteiger partial charge < -0.3 is 15.5 Å². The molecular weight excluding hydrogens is 250 g/mol. The molecule has 0 heterocycles. The quantitative estimate of drug-likeness (QED) is 0.776. The lowest BCUT2D eigenvalue weighted by molar-refractivity contribution is -0.133. The van der Waals surface area contributed by atoms with Crippen molar-refractivity contribution in [2.45, 2.75) is 32.7 Å². The van der Waals surface area contributed by atoms with Crippen LogP contribution in [-0.4, -0.2) is 48.9 Å².